The van der Waals surface area contributed by atoms with Gasteiger partial charge in [0.25, 0.3) is 0 Å². The number of hydrogen-bond acceptors (Lipinski definition) is 4. The van der Waals surface area contributed by atoms with E-state index >= 15 is 0 Å². The lowest BCUT2D eigenvalue weighted by Crippen LogP contribution is -2.36. The van der Waals surface area contributed by atoms with E-state index in [0.29, 0.717) is 42.4 Å². The van der Waals surface area contributed by atoms with Gasteiger partial charge in [0.15, 0.2) is 0 Å². The Hall–Kier alpha value is -0.940. The third-order valence-corrected chi connectivity index (χ3v) is 8.70. The maximum atomic E-state index is 10.1. The highest BCUT2D eigenvalue weighted by molar-refractivity contribution is 5.38. The summed E-state index contributed by atoms with van der Waals surface area (Å²) in [7, 11) is 0. The van der Waals surface area contributed by atoms with Crippen molar-refractivity contribution in [2.45, 2.75) is 103 Å². The Morgan fingerprint density at radius 1 is 1.26 bits per heavy atom. The van der Waals surface area contributed by atoms with Crippen LogP contribution in [0.5, 0.6) is 0 Å². The molecule has 3 aliphatic carbocycles. The Labute approximate surface area is 188 Å². The zero-order chi connectivity index (χ0) is 22.8. The molecule has 0 spiro atoms. The zero-order valence-corrected chi connectivity index (χ0v) is 19.8. The first-order chi connectivity index (χ1) is 14.6. The maximum Gasteiger partial charge on any atom is 0.0849 e. The highest BCUT2D eigenvalue weighted by Crippen LogP contribution is 2.60. The summed E-state index contributed by atoms with van der Waals surface area (Å²) >= 11 is 0. The molecule has 0 saturated heterocycles. The van der Waals surface area contributed by atoms with Crippen molar-refractivity contribution in [3.05, 3.63) is 35.5 Å². The molecule has 4 heteroatoms. The molecule has 0 aromatic rings. The molecule has 3 aliphatic rings. The van der Waals surface area contributed by atoms with E-state index in [1.165, 1.54) is 31.3 Å². The average molecular weight is 433 g/mol. The van der Waals surface area contributed by atoms with Gasteiger partial charge in [-0.25, -0.2) is 0 Å². The van der Waals surface area contributed by atoms with E-state index in [9.17, 15) is 20.4 Å². The topological polar surface area (TPSA) is 80.9 Å². The van der Waals surface area contributed by atoms with E-state index < -0.39 is 17.8 Å². The van der Waals surface area contributed by atoms with Crippen LogP contribution in [0.1, 0.15) is 85.0 Å². The summed E-state index contributed by atoms with van der Waals surface area (Å²) in [5.41, 5.74) is 2.65. The third-order valence-electron chi connectivity index (χ3n) is 8.70. The Kier molecular flexibility index (Phi) is 7.89. The van der Waals surface area contributed by atoms with E-state index in [1.807, 2.05) is 0 Å². The molecule has 0 bridgehead atoms. The van der Waals surface area contributed by atoms with Gasteiger partial charge >= 0.3 is 0 Å². The molecule has 0 aromatic carbocycles. The molecule has 4 nitrogen and oxygen atoms in total. The first kappa shape index (κ1) is 24.7. The van der Waals surface area contributed by atoms with Gasteiger partial charge in [0.1, 0.15) is 0 Å². The first-order valence-electron chi connectivity index (χ1n) is 12.4. The molecule has 4 N–H and O–H groups in total. The fraction of sp³-hybridized carbons (Fsp3) is 0.778. The lowest BCUT2D eigenvalue weighted by molar-refractivity contribution is -0.00891. The van der Waals surface area contributed by atoms with Crippen molar-refractivity contribution >= 4 is 0 Å². The fourth-order valence-electron chi connectivity index (χ4n) is 6.76. The average Bonchev–Trinajstić information content (AvgIpc) is 3.07. The van der Waals surface area contributed by atoms with Crippen LogP contribution < -0.4 is 0 Å². The summed E-state index contributed by atoms with van der Waals surface area (Å²) in [6.45, 7) is 10.5. The Balaban J connectivity index is 1.68. The van der Waals surface area contributed by atoms with E-state index in [1.54, 1.807) is 6.92 Å². The zero-order valence-electron chi connectivity index (χ0n) is 19.8. The van der Waals surface area contributed by atoms with E-state index in [4.69, 9.17) is 0 Å². The van der Waals surface area contributed by atoms with Crippen LogP contribution in [0, 0.1) is 23.2 Å². The van der Waals surface area contributed by atoms with Crippen LogP contribution in [0.3, 0.4) is 0 Å². The Bertz CT molecular complexity index is 706. The number of rotatable bonds is 7. The Morgan fingerprint density at radius 3 is 2.71 bits per heavy atom. The molecule has 0 heterocycles. The van der Waals surface area contributed by atoms with Crippen LogP contribution in [-0.4, -0.2) is 44.8 Å². The number of allylic oxidation sites excluding steroid dienone is 3. The quantitative estimate of drug-likeness (QED) is 0.471. The van der Waals surface area contributed by atoms with Crippen molar-refractivity contribution in [3.8, 4) is 0 Å². The second-order valence-corrected chi connectivity index (χ2v) is 11.2. The molecule has 0 aliphatic heterocycles. The van der Waals surface area contributed by atoms with Crippen molar-refractivity contribution < 1.29 is 20.4 Å². The smallest absolute Gasteiger partial charge is 0.0849 e. The molecule has 0 amide bonds. The molecule has 176 valence electrons. The number of aliphatic hydroxyl groups is 4. The van der Waals surface area contributed by atoms with Crippen molar-refractivity contribution in [3.63, 3.8) is 0 Å². The summed E-state index contributed by atoms with van der Waals surface area (Å²) in [6.07, 6.45) is 13.1. The van der Waals surface area contributed by atoms with Gasteiger partial charge in [-0.15, -0.1) is 0 Å². The van der Waals surface area contributed by atoms with Gasteiger partial charge in [-0.2, -0.15) is 0 Å². The lowest BCUT2D eigenvalue weighted by atomic mass is 9.60. The monoisotopic (exact) mass is 432 g/mol. The predicted molar refractivity (Wildman–Crippen MR) is 125 cm³/mol. The summed E-state index contributed by atoms with van der Waals surface area (Å²) in [4.78, 5) is 0. The minimum absolute atomic E-state index is 0.172. The molecule has 3 rings (SSSR count). The second kappa shape index (κ2) is 9.91. The van der Waals surface area contributed by atoms with Gasteiger partial charge in [0.2, 0.25) is 0 Å². The number of aliphatic hydroxyl groups excluding tert-OH is 3. The molecular formula is C27H44O4. The van der Waals surface area contributed by atoms with Gasteiger partial charge in [0.05, 0.1) is 24.4 Å². The molecule has 0 aromatic heterocycles. The van der Waals surface area contributed by atoms with Crippen molar-refractivity contribution in [1.29, 1.82) is 0 Å². The van der Waals surface area contributed by atoms with Crippen LogP contribution in [0.25, 0.3) is 0 Å². The van der Waals surface area contributed by atoms with Gasteiger partial charge in [0, 0.05) is 6.42 Å². The second-order valence-electron chi connectivity index (χ2n) is 11.2. The largest absolute Gasteiger partial charge is 0.393 e. The molecule has 0 radical (unpaired) electrons. The van der Waals surface area contributed by atoms with Gasteiger partial charge in [-0.1, -0.05) is 51.0 Å². The van der Waals surface area contributed by atoms with E-state index in [2.05, 4.69) is 32.6 Å². The van der Waals surface area contributed by atoms with Crippen LogP contribution in [0.4, 0.5) is 0 Å². The molecule has 3 fully saturated rings. The van der Waals surface area contributed by atoms with E-state index in [0.717, 1.165) is 30.4 Å². The number of fused-ring (bicyclic) bond motifs is 1. The SMILES string of the molecule is C=C1/C(=C\C=C2/CCC[C@@]3(C)C2CC[C@@H]3[C@H](C)CCCC(C)(O)CO)C[C@@H](O)CC1O. The molecule has 3 saturated carbocycles. The van der Waals surface area contributed by atoms with Gasteiger partial charge < -0.3 is 20.4 Å². The summed E-state index contributed by atoms with van der Waals surface area (Å²) in [5.74, 6) is 1.92. The van der Waals surface area contributed by atoms with Crippen LogP contribution in [0.2, 0.25) is 0 Å². The van der Waals surface area contributed by atoms with Gasteiger partial charge in [-0.05, 0) is 86.2 Å². The maximum absolute atomic E-state index is 10.1. The molecule has 31 heavy (non-hydrogen) atoms. The van der Waals surface area contributed by atoms with Gasteiger partial charge in [-0.3, -0.25) is 0 Å². The summed E-state index contributed by atoms with van der Waals surface area (Å²) in [5, 5.41) is 39.5. The predicted octanol–water partition coefficient (Wildman–Crippen LogP) is 4.68. The standard InChI is InChI=1S/C27H44O4/c1-18(7-5-13-26(3,31)17-28)23-11-12-24-20(8-6-14-27(23,24)4)9-10-21-15-22(29)16-25(30)19(21)2/h9-10,18,22-25,28-31H,2,5-8,11-17H2,1,3-4H3/b20-9+,21-10-/t18-,22-,23-,24?,25?,26?,27-/m1/s1. The third kappa shape index (κ3) is 5.52. The van der Waals surface area contributed by atoms with Crippen LogP contribution in [0.15, 0.2) is 35.5 Å². The first-order valence-corrected chi connectivity index (χ1v) is 12.4. The van der Waals surface area contributed by atoms with Crippen molar-refractivity contribution in [2.24, 2.45) is 23.2 Å². The summed E-state index contributed by atoms with van der Waals surface area (Å²) in [6, 6.07) is 0. The summed E-state index contributed by atoms with van der Waals surface area (Å²) < 4.78 is 0. The molecular weight excluding hydrogens is 388 g/mol. The Morgan fingerprint density at radius 2 is 2.00 bits per heavy atom. The van der Waals surface area contributed by atoms with Crippen molar-refractivity contribution in [1.82, 2.24) is 0 Å². The highest BCUT2D eigenvalue weighted by atomic mass is 16.3. The fourth-order valence-corrected chi connectivity index (χ4v) is 6.76. The minimum Gasteiger partial charge on any atom is -0.393 e. The molecule has 3 unspecified atom stereocenters. The van der Waals surface area contributed by atoms with E-state index in [-0.39, 0.29) is 6.61 Å². The highest BCUT2D eigenvalue weighted by Gasteiger charge is 2.50. The van der Waals surface area contributed by atoms with Crippen LogP contribution >= 0.6 is 0 Å². The van der Waals surface area contributed by atoms with Crippen molar-refractivity contribution in [2.75, 3.05) is 6.61 Å². The molecule has 7 atom stereocenters. The number of hydrogen-bond donors (Lipinski definition) is 4. The minimum atomic E-state index is -0.958. The normalized spacial score (nSPS) is 39.5. The lowest BCUT2D eigenvalue weighted by Gasteiger charge is -2.44. The van der Waals surface area contributed by atoms with Crippen LogP contribution in [-0.2, 0) is 0 Å².